The number of nitrogens with zero attached hydrogens (tertiary/aromatic N) is 5. The van der Waals surface area contributed by atoms with E-state index in [0.29, 0.717) is 10.9 Å². The van der Waals surface area contributed by atoms with E-state index < -0.39 is 0 Å². The largest absolute Gasteiger partial charge is 0.380 e. The monoisotopic (exact) mass is 267 g/mol. The van der Waals surface area contributed by atoms with E-state index in [0.717, 1.165) is 30.9 Å². The predicted molar refractivity (Wildman–Crippen MR) is 68.2 cm³/mol. The third-order valence-electron chi connectivity index (χ3n) is 3.35. The van der Waals surface area contributed by atoms with Crippen molar-refractivity contribution in [2.24, 2.45) is 0 Å². The zero-order valence-corrected chi connectivity index (χ0v) is 11.1. The summed E-state index contributed by atoms with van der Waals surface area (Å²) in [6, 6.07) is 0. The summed E-state index contributed by atoms with van der Waals surface area (Å²) in [5.41, 5.74) is 0.923. The highest BCUT2D eigenvalue weighted by Gasteiger charge is 2.26. The summed E-state index contributed by atoms with van der Waals surface area (Å²) >= 11 is 6.15. The zero-order valence-electron chi connectivity index (χ0n) is 10.3. The Morgan fingerprint density at radius 3 is 3.06 bits per heavy atom. The maximum atomic E-state index is 6.15. The van der Waals surface area contributed by atoms with Crippen molar-refractivity contribution in [3.63, 3.8) is 0 Å². The fraction of sp³-hybridized carbons (Fsp3) is 0.545. The molecule has 96 valence electrons. The second-order valence-electron chi connectivity index (χ2n) is 4.42. The molecule has 0 aliphatic carbocycles. The SMILES string of the molecule is COC1CCN(c2c(C)c(Cl)nc3ncnn23)C1. The van der Waals surface area contributed by atoms with Crippen molar-refractivity contribution in [1.29, 1.82) is 0 Å². The number of hydrogen-bond donors (Lipinski definition) is 0. The van der Waals surface area contributed by atoms with Crippen molar-refractivity contribution in [2.75, 3.05) is 25.1 Å². The van der Waals surface area contributed by atoms with Gasteiger partial charge in [-0.05, 0) is 13.3 Å². The van der Waals surface area contributed by atoms with Crippen LogP contribution in [0.25, 0.3) is 5.78 Å². The Morgan fingerprint density at radius 2 is 2.33 bits per heavy atom. The highest BCUT2D eigenvalue weighted by Crippen LogP contribution is 2.28. The number of ether oxygens (including phenoxy) is 1. The molecule has 1 aliphatic heterocycles. The Bertz CT molecular complexity index is 584. The molecule has 3 heterocycles. The van der Waals surface area contributed by atoms with E-state index in [4.69, 9.17) is 16.3 Å². The van der Waals surface area contributed by atoms with Crippen LogP contribution in [0.5, 0.6) is 0 Å². The van der Waals surface area contributed by atoms with Crippen LogP contribution in [0.4, 0.5) is 5.82 Å². The van der Waals surface area contributed by atoms with Crippen molar-refractivity contribution in [1.82, 2.24) is 19.6 Å². The molecule has 1 unspecified atom stereocenters. The fourth-order valence-corrected chi connectivity index (χ4v) is 2.53. The van der Waals surface area contributed by atoms with Crippen molar-refractivity contribution in [2.45, 2.75) is 19.4 Å². The molecule has 7 heteroatoms. The molecule has 1 aliphatic rings. The van der Waals surface area contributed by atoms with E-state index in [1.807, 2.05) is 6.92 Å². The van der Waals surface area contributed by atoms with Gasteiger partial charge in [-0.25, -0.2) is 0 Å². The summed E-state index contributed by atoms with van der Waals surface area (Å²) in [6.45, 7) is 3.72. The Morgan fingerprint density at radius 1 is 1.50 bits per heavy atom. The van der Waals surface area contributed by atoms with Gasteiger partial charge < -0.3 is 9.64 Å². The third-order valence-corrected chi connectivity index (χ3v) is 3.72. The predicted octanol–water partition coefficient (Wildman–Crippen LogP) is 1.31. The number of aromatic nitrogens is 4. The molecule has 0 N–H and O–H groups in total. The number of anilines is 1. The molecule has 1 saturated heterocycles. The first-order valence-corrected chi connectivity index (χ1v) is 6.22. The van der Waals surface area contributed by atoms with E-state index in [-0.39, 0.29) is 6.10 Å². The van der Waals surface area contributed by atoms with Crippen LogP contribution in [0.1, 0.15) is 12.0 Å². The van der Waals surface area contributed by atoms with Crippen LogP contribution in [0.15, 0.2) is 6.33 Å². The number of halogens is 1. The summed E-state index contributed by atoms with van der Waals surface area (Å²) in [4.78, 5) is 10.5. The van der Waals surface area contributed by atoms with Gasteiger partial charge in [-0.1, -0.05) is 11.6 Å². The van der Waals surface area contributed by atoms with Crippen molar-refractivity contribution < 1.29 is 4.74 Å². The summed E-state index contributed by atoms with van der Waals surface area (Å²) in [6.07, 6.45) is 2.76. The van der Waals surface area contributed by atoms with Gasteiger partial charge in [0.05, 0.1) is 6.10 Å². The molecule has 0 saturated carbocycles. The maximum absolute atomic E-state index is 6.15. The zero-order chi connectivity index (χ0) is 12.7. The van der Waals surface area contributed by atoms with Gasteiger partial charge in [0.15, 0.2) is 0 Å². The smallest absolute Gasteiger partial charge is 0.255 e. The molecule has 2 aromatic rings. The number of fused-ring (bicyclic) bond motifs is 1. The van der Waals surface area contributed by atoms with Gasteiger partial charge in [-0.2, -0.15) is 19.6 Å². The molecule has 0 aromatic carbocycles. The summed E-state index contributed by atoms with van der Waals surface area (Å²) in [5, 5.41) is 4.70. The highest BCUT2D eigenvalue weighted by atomic mass is 35.5. The summed E-state index contributed by atoms with van der Waals surface area (Å²) in [7, 11) is 1.74. The van der Waals surface area contributed by atoms with Crippen molar-refractivity contribution in [3.8, 4) is 0 Å². The molecule has 2 aromatic heterocycles. The molecule has 3 rings (SSSR count). The number of rotatable bonds is 2. The summed E-state index contributed by atoms with van der Waals surface area (Å²) < 4.78 is 7.13. The molecule has 0 radical (unpaired) electrons. The molecular weight excluding hydrogens is 254 g/mol. The third kappa shape index (κ3) is 1.72. The average Bonchev–Trinajstić information content (AvgIpc) is 2.99. The summed E-state index contributed by atoms with van der Waals surface area (Å²) in [5.74, 6) is 1.49. The molecule has 1 fully saturated rings. The van der Waals surface area contributed by atoms with Gasteiger partial charge >= 0.3 is 0 Å². The minimum atomic E-state index is 0.259. The topological polar surface area (TPSA) is 55.5 Å². The van der Waals surface area contributed by atoms with E-state index in [1.54, 1.807) is 11.6 Å². The lowest BCUT2D eigenvalue weighted by Gasteiger charge is -2.21. The van der Waals surface area contributed by atoms with Crippen LogP contribution < -0.4 is 4.90 Å². The van der Waals surface area contributed by atoms with Gasteiger partial charge in [-0.15, -0.1) is 0 Å². The molecule has 6 nitrogen and oxygen atoms in total. The van der Waals surface area contributed by atoms with Crippen LogP contribution in [0.3, 0.4) is 0 Å². The highest BCUT2D eigenvalue weighted by molar-refractivity contribution is 6.30. The standard InChI is InChI=1S/C11H14ClN5O/c1-7-9(12)15-11-13-6-14-17(11)10(7)16-4-3-8(5-16)18-2/h6,8H,3-5H2,1-2H3. The second-order valence-corrected chi connectivity index (χ2v) is 4.77. The van der Waals surface area contributed by atoms with Gasteiger partial charge in [0.2, 0.25) is 0 Å². The van der Waals surface area contributed by atoms with E-state index in [2.05, 4.69) is 20.0 Å². The van der Waals surface area contributed by atoms with Crippen LogP contribution in [-0.4, -0.2) is 45.9 Å². The van der Waals surface area contributed by atoms with Crippen LogP contribution in [0.2, 0.25) is 5.15 Å². The normalized spacial score (nSPS) is 19.9. The lowest BCUT2D eigenvalue weighted by atomic mass is 10.3. The van der Waals surface area contributed by atoms with Crippen molar-refractivity contribution in [3.05, 3.63) is 17.0 Å². The van der Waals surface area contributed by atoms with Crippen LogP contribution in [-0.2, 0) is 4.74 Å². The molecule has 0 spiro atoms. The first-order chi connectivity index (χ1) is 8.70. The van der Waals surface area contributed by atoms with Crippen LogP contribution >= 0.6 is 11.6 Å². The van der Waals surface area contributed by atoms with Gasteiger partial charge in [-0.3, -0.25) is 0 Å². The Labute approximate surface area is 110 Å². The van der Waals surface area contributed by atoms with E-state index in [1.165, 1.54) is 6.33 Å². The van der Waals surface area contributed by atoms with Crippen LogP contribution in [0, 0.1) is 6.92 Å². The Kier molecular flexibility index (Phi) is 2.83. The first kappa shape index (κ1) is 11.7. The molecule has 18 heavy (non-hydrogen) atoms. The van der Waals surface area contributed by atoms with Crippen molar-refractivity contribution >= 4 is 23.2 Å². The Balaban J connectivity index is 2.10. The lowest BCUT2D eigenvalue weighted by molar-refractivity contribution is 0.121. The minimum absolute atomic E-state index is 0.259. The number of methoxy groups -OCH3 is 1. The second kappa shape index (κ2) is 4.37. The van der Waals surface area contributed by atoms with E-state index in [9.17, 15) is 0 Å². The van der Waals surface area contributed by atoms with E-state index >= 15 is 0 Å². The molecular formula is C11H14ClN5O. The van der Waals surface area contributed by atoms with Gasteiger partial charge in [0.25, 0.3) is 5.78 Å². The minimum Gasteiger partial charge on any atom is -0.380 e. The molecule has 1 atom stereocenters. The molecule has 0 amide bonds. The van der Waals surface area contributed by atoms with Gasteiger partial charge in [0.1, 0.15) is 17.3 Å². The maximum Gasteiger partial charge on any atom is 0.255 e. The Hall–Kier alpha value is -1.40. The first-order valence-electron chi connectivity index (χ1n) is 5.84. The lowest BCUT2D eigenvalue weighted by Crippen LogP contribution is -2.25. The average molecular weight is 268 g/mol. The van der Waals surface area contributed by atoms with Gasteiger partial charge in [0, 0.05) is 25.8 Å². The molecule has 0 bridgehead atoms. The fourth-order valence-electron chi connectivity index (χ4n) is 2.37. The quantitative estimate of drug-likeness (QED) is 0.768. The number of hydrogen-bond acceptors (Lipinski definition) is 5.